The zero-order chi connectivity index (χ0) is 18.1. The number of nitrogens with zero attached hydrogens (tertiary/aromatic N) is 2. The zero-order valence-corrected chi connectivity index (χ0v) is 13.2. The molecule has 0 aromatic carbocycles. The van der Waals surface area contributed by atoms with Crippen molar-refractivity contribution in [2.24, 2.45) is 5.16 Å². The first kappa shape index (κ1) is 18.0. The van der Waals surface area contributed by atoms with Crippen LogP contribution < -0.4 is 5.32 Å². The number of carbonyl (C=O) groups is 2. The molecule has 2 heterocycles. The van der Waals surface area contributed by atoms with Gasteiger partial charge in [0, 0.05) is 13.3 Å². The normalized spacial score (nSPS) is 17.1. The number of carbonyl (C=O) groups excluding carboxylic acids is 2. The standard InChI is InChI=1S/C13H11ClF3N3O4/c1-5(21)18-7-3-6(19-11(10(7)14)12(22)23-2)8-4-9(20-24-8)13(15,16)17/h3,8H,4H2,1-2H3,(H,18,19,21). The van der Waals surface area contributed by atoms with Crippen molar-refractivity contribution in [2.75, 3.05) is 12.4 Å². The van der Waals surface area contributed by atoms with E-state index in [1.165, 1.54) is 13.0 Å². The molecule has 0 bridgehead atoms. The van der Waals surface area contributed by atoms with Crippen LogP contribution >= 0.6 is 11.6 Å². The summed E-state index contributed by atoms with van der Waals surface area (Å²) in [6, 6.07) is 1.22. The lowest BCUT2D eigenvalue weighted by Gasteiger charge is -2.14. The van der Waals surface area contributed by atoms with Gasteiger partial charge in [-0.3, -0.25) is 4.79 Å². The van der Waals surface area contributed by atoms with Crippen LogP contribution in [0.25, 0.3) is 0 Å². The summed E-state index contributed by atoms with van der Waals surface area (Å²) in [4.78, 5) is 31.6. The maximum absolute atomic E-state index is 12.6. The van der Waals surface area contributed by atoms with E-state index in [-0.39, 0.29) is 22.1 Å². The molecule has 0 aliphatic carbocycles. The van der Waals surface area contributed by atoms with Gasteiger partial charge >= 0.3 is 12.1 Å². The van der Waals surface area contributed by atoms with Crippen LogP contribution in [0, 0.1) is 0 Å². The molecule has 1 aliphatic heterocycles. The van der Waals surface area contributed by atoms with E-state index in [0.717, 1.165) is 7.11 Å². The molecule has 0 saturated carbocycles. The molecule has 130 valence electrons. The molecule has 1 aromatic rings. The molecule has 1 amide bonds. The molecule has 7 nitrogen and oxygen atoms in total. The number of pyridine rings is 1. The molecule has 1 atom stereocenters. The summed E-state index contributed by atoms with van der Waals surface area (Å²) in [6.07, 6.45) is -6.39. The number of esters is 1. The minimum Gasteiger partial charge on any atom is -0.464 e. The molecule has 24 heavy (non-hydrogen) atoms. The first-order valence-electron chi connectivity index (χ1n) is 6.49. The highest BCUT2D eigenvalue weighted by atomic mass is 35.5. The number of hydrogen-bond donors (Lipinski definition) is 1. The average molecular weight is 366 g/mol. The van der Waals surface area contributed by atoms with Crippen molar-refractivity contribution in [3.63, 3.8) is 0 Å². The van der Waals surface area contributed by atoms with E-state index in [4.69, 9.17) is 16.4 Å². The SMILES string of the molecule is COC(=O)c1nc(C2CC(C(F)(F)F)=NO2)cc(NC(C)=O)c1Cl. The Bertz CT molecular complexity index is 721. The highest BCUT2D eigenvalue weighted by Gasteiger charge is 2.42. The Morgan fingerprint density at radius 3 is 2.62 bits per heavy atom. The molecule has 1 aromatic heterocycles. The van der Waals surface area contributed by atoms with Gasteiger partial charge in [-0.2, -0.15) is 13.2 Å². The lowest BCUT2D eigenvalue weighted by atomic mass is 10.1. The van der Waals surface area contributed by atoms with Crippen LogP contribution in [-0.2, 0) is 14.4 Å². The summed E-state index contributed by atoms with van der Waals surface area (Å²) < 4.78 is 42.5. The van der Waals surface area contributed by atoms with Crippen molar-refractivity contribution in [1.82, 2.24) is 4.98 Å². The number of hydrogen-bond acceptors (Lipinski definition) is 6. The summed E-state index contributed by atoms with van der Waals surface area (Å²) in [5.74, 6) is -1.41. The van der Waals surface area contributed by atoms with Crippen LogP contribution in [0.3, 0.4) is 0 Å². The Labute approximate surface area is 138 Å². The number of nitrogens with one attached hydrogen (secondary N) is 1. The van der Waals surface area contributed by atoms with Gasteiger partial charge in [-0.25, -0.2) is 9.78 Å². The topological polar surface area (TPSA) is 89.9 Å². The Morgan fingerprint density at radius 1 is 1.46 bits per heavy atom. The van der Waals surface area contributed by atoms with Crippen molar-refractivity contribution in [2.45, 2.75) is 25.6 Å². The van der Waals surface area contributed by atoms with Crippen LogP contribution in [0.4, 0.5) is 18.9 Å². The Kier molecular flexibility index (Phi) is 4.97. The summed E-state index contributed by atoms with van der Waals surface area (Å²) in [7, 11) is 1.09. The fourth-order valence-corrected chi connectivity index (χ4v) is 2.15. The number of rotatable bonds is 3. The molecule has 0 spiro atoms. The van der Waals surface area contributed by atoms with Gasteiger partial charge in [0.2, 0.25) is 5.91 Å². The number of amides is 1. The number of anilines is 1. The number of methoxy groups -OCH3 is 1. The monoisotopic (exact) mass is 365 g/mol. The van der Waals surface area contributed by atoms with Crippen LogP contribution in [0.5, 0.6) is 0 Å². The van der Waals surface area contributed by atoms with E-state index in [1.54, 1.807) is 0 Å². The minimum absolute atomic E-state index is 0.00127. The number of halogens is 4. The molecule has 0 fully saturated rings. The van der Waals surface area contributed by atoms with E-state index in [1.807, 2.05) is 0 Å². The molecule has 0 saturated heterocycles. The molecule has 1 N–H and O–H groups in total. The molecule has 0 radical (unpaired) electrons. The maximum atomic E-state index is 12.6. The summed E-state index contributed by atoms with van der Waals surface area (Å²) in [5.41, 5.74) is -1.51. The first-order valence-corrected chi connectivity index (χ1v) is 6.87. The van der Waals surface area contributed by atoms with Gasteiger partial charge in [-0.1, -0.05) is 16.8 Å². The van der Waals surface area contributed by atoms with Gasteiger partial charge in [0.05, 0.1) is 23.5 Å². The van der Waals surface area contributed by atoms with Gasteiger partial charge < -0.3 is 14.9 Å². The summed E-state index contributed by atoms with van der Waals surface area (Å²) in [5, 5.41) is 5.15. The summed E-state index contributed by atoms with van der Waals surface area (Å²) in [6.45, 7) is 1.20. The van der Waals surface area contributed by atoms with Crippen molar-refractivity contribution >= 4 is 34.9 Å². The Balaban J connectivity index is 2.40. The van der Waals surface area contributed by atoms with E-state index in [0.29, 0.717) is 0 Å². The third-order valence-corrected chi connectivity index (χ3v) is 3.38. The van der Waals surface area contributed by atoms with Crippen molar-refractivity contribution in [3.8, 4) is 0 Å². The van der Waals surface area contributed by atoms with Crippen LogP contribution in [0.15, 0.2) is 11.2 Å². The van der Waals surface area contributed by atoms with Crippen LogP contribution in [0.2, 0.25) is 5.02 Å². The predicted molar refractivity (Wildman–Crippen MR) is 76.8 cm³/mol. The van der Waals surface area contributed by atoms with Crippen LogP contribution in [0.1, 0.15) is 35.6 Å². The van der Waals surface area contributed by atoms with Gasteiger partial charge in [0.15, 0.2) is 17.5 Å². The van der Waals surface area contributed by atoms with Crippen molar-refractivity contribution in [3.05, 3.63) is 22.5 Å². The van der Waals surface area contributed by atoms with Gasteiger partial charge in [-0.05, 0) is 6.07 Å². The van der Waals surface area contributed by atoms with E-state index >= 15 is 0 Å². The molecular formula is C13H11ClF3N3O4. The van der Waals surface area contributed by atoms with Gasteiger partial charge in [0.1, 0.15) is 0 Å². The lowest BCUT2D eigenvalue weighted by Crippen LogP contribution is -2.21. The third kappa shape index (κ3) is 3.75. The highest BCUT2D eigenvalue weighted by molar-refractivity contribution is 6.36. The minimum atomic E-state index is -4.63. The number of alkyl halides is 3. The maximum Gasteiger partial charge on any atom is 0.432 e. The highest BCUT2D eigenvalue weighted by Crippen LogP contribution is 2.36. The third-order valence-electron chi connectivity index (χ3n) is 2.99. The second-order valence-electron chi connectivity index (χ2n) is 4.76. The number of ether oxygens (including phenoxy) is 1. The van der Waals surface area contributed by atoms with E-state index < -0.39 is 36.3 Å². The van der Waals surface area contributed by atoms with E-state index in [2.05, 4.69) is 20.2 Å². The second-order valence-corrected chi connectivity index (χ2v) is 5.14. The summed E-state index contributed by atoms with van der Waals surface area (Å²) >= 11 is 5.98. The number of oxime groups is 1. The fraction of sp³-hybridized carbons (Fsp3) is 0.385. The zero-order valence-electron chi connectivity index (χ0n) is 12.4. The quantitative estimate of drug-likeness (QED) is 0.832. The van der Waals surface area contributed by atoms with Crippen molar-refractivity contribution in [1.29, 1.82) is 0 Å². The second kappa shape index (κ2) is 6.63. The fourth-order valence-electron chi connectivity index (χ4n) is 1.93. The molecule has 1 unspecified atom stereocenters. The number of aromatic nitrogens is 1. The van der Waals surface area contributed by atoms with Gasteiger partial charge in [-0.15, -0.1) is 0 Å². The molecule has 1 aliphatic rings. The average Bonchev–Trinajstić information content (AvgIpc) is 2.98. The van der Waals surface area contributed by atoms with Gasteiger partial charge in [0.25, 0.3) is 0 Å². The predicted octanol–water partition coefficient (Wildman–Crippen LogP) is 2.86. The largest absolute Gasteiger partial charge is 0.464 e. The van der Waals surface area contributed by atoms with E-state index in [9.17, 15) is 22.8 Å². The first-order chi connectivity index (χ1) is 11.1. The Morgan fingerprint density at radius 2 is 2.12 bits per heavy atom. The Hall–Kier alpha value is -2.36. The molecule has 11 heteroatoms. The molecular weight excluding hydrogens is 355 g/mol. The molecule has 2 rings (SSSR count). The lowest BCUT2D eigenvalue weighted by molar-refractivity contribution is -0.114. The van der Waals surface area contributed by atoms with Crippen molar-refractivity contribution < 1.29 is 32.3 Å². The van der Waals surface area contributed by atoms with Crippen LogP contribution in [-0.4, -0.2) is 35.9 Å². The smallest absolute Gasteiger partial charge is 0.432 e.